The van der Waals surface area contributed by atoms with Gasteiger partial charge in [-0.15, -0.1) is 0 Å². The zero-order valence-corrected chi connectivity index (χ0v) is 9.41. The molecule has 1 N–H and O–H groups in total. The molecule has 0 aliphatic rings. The lowest BCUT2D eigenvalue weighted by Gasteiger charge is -2.06. The summed E-state index contributed by atoms with van der Waals surface area (Å²) in [5.41, 5.74) is 2.43. The van der Waals surface area contributed by atoms with Crippen molar-refractivity contribution in [1.29, 1.82) is 0 Å². The van der Waals surface area contributed by atoms with Gasteiger partial charge in [0, 0.05) is 5.69 Å². The quantitative estimate of drug-likeness (QED) is 0.805. The summed E-state index contributed by atoms with van der Waals surface area (Å²) in [6.07, 6.45) is 0. The van der Waals surface area contributed by atoms with Crippen LogP contribution in [0.4, 0.5) is 5.69 Å². The normalized spacial score (nSPS) is 9.50. The number of thiocarbonyl (C=S) groups is 1. The van der Waals surface area contributed by atoms with Gasteiger partial charge in [0.25, 0.3) is 0 Å². The third-order valence-electron chi connectivity index (χ3n) is 2.06. The van der Waals surface area contributed by atoms with Gasteiger partial charge >= 0.3 is 0 Å². The summed E-state index contributed by atoms with van der Waals surface area (Å²) in [6.45, 7) is 0. The van der Waals surface area contributed by atoms with Gasteiger partial charge in [0.2, 0.25) is 0 Å². The molecule has 2 rings (SSSR count). The van der Waals surface area contributed by atoms with Gasteiger partial charge in [-0.2, -0.15) is 0 Å². The van der Waals surface area contributed by atoms with Gasteiger partial charge in [-0.05, 0) is 36.4 Å². The monoisotopic (exact) mass is 229 g/mol. The Morgan fingerprint density at radius 3 is 2.12 bits per heavy atom. The molecule has 0 saturated heterocycles. The van der Waals surface area contributed by atoms with Crippen LogP contribution in [-0.2, 0) is 0 Å². The van der Waals surface area contributed by atoms with Crippen molar-refractivity contribution in [2.75, 3.05) is 5.32 Å². The second-order valence-electron chi connectivity index (χ2n) is 3.20. The van der Waals surface area contributed by atoms with Crippen LogP contribution in [0.5, 0.6) is 11.5 Å². The zero-order valence-electron chi connectivity index (χ0n) is 8.59. The lowest BCUT2D eigenvalue weighted by atomic mass is 10.3. The van der Waals surface area contributed by atoms with Crippen LogP contribution in [0.2, 0.25) is 0 Å². The van der Waals surface area contributed by atoms with Crippen molar-refractivity contribution in [1.82, 2.24) is 0 Å². The van der Waals surface area contributed by atoms with E-state index in [9.17, 15) is 0 Å². The highest BCUT2D eigenvalue weighted by atomic mass is 32.1. The van der Waals surface area contributed by atoms with Crippen LogP contribution in [0.1, 0.15) is 0 Å². The SMILES string of the molecule is S=CNc1ccc(Oc2ccccc2)cc1. The first-order valence-electron chi connectivity index (χ1n) is 4.91. The van der Waals surface area contributed by atoms with E-state index in [-0.39, 0.29) is 0 Å². The maximum Gasteiger partial charge on any atom is 0.127 e. The highest BCUT2D eigenvalue weighted by Crippen LogP contribution is 2.22. The van der Waals surface area contributed by atoms with Gasteiger partial charge < -0.3 is 10.1 Å². The largest absolute Gasteiger partial charge is 0.457 e. The van der Waals surface area contributed by atoms with Crippen LogP contribution in [0.3, 0.4) is 0 Å². The summed E-state index contributed by atoms with van der Waals surface area (Å²) in [6, 6.07) is 17.3. The molecule has 2 aromatic rings. The van der Waals surface area contributed by atoms with Crippen molar-refractivity contribution in [3.05, 3.63) is 54.6 Å². The lowest BCUT2D eigenvalue weighted by Crippen LogP contribution is -1.91. The first kappa shape index (κ1) is 10.6. The number of rotatable bonds is 4. The van der Waals surface area contributed by atoms with E-state index >= 15 is 0 Å². The lowest BCUT2D eigenvalue weighted by molar-refractivity contribution is 0.483. The molecular formula is C13H11NOS. The smallest absolute Gasteiger partial charge is 0.127 e. The number of hydrogen-bond acceptors (Lipinski definition) is 2. The second kappa shape index (κ2) is 5.28. The van der Waals surface area contributed by atoms with E-state index in [1.165, 1.54) is 5.49 Å². The van der Waals surface area contributed by atoms with E-state index < -0.39 is 0 Å². The minimum Gasteiger partial charge on any atom is -0.457 e. The molecule has 0 amide bonds. The van der Waals surface area contributed by atoms with Crippen LogP contribution in [0.25, 0.3) is 0 Å². The van der Waals surface area contributed by atoms with E-state index in [4.69, 9.17) is 17.0 Å². The Morgan fingerprint density at radius 1 is 0.875 bits per heavy atom. The van der Waals surface area contributed by atoms with Gasteiger partial charge in [-0.3, -0.25) is 0 Å². The van der Waals surface area contributed by atoms with Gasteiger partial charge in [-0.1, -0.05) is 30.4 Å². The van der Waals surface area contributed by atoms with Crippen LogP contribution in [-0.4, -0.2) is 5.49 Å². The van der Waals surface area contributed by atoms with E-state index in [1.807, 2.05) is 54.6 Å². The Balaban J connectivity index is 2.08. The van der Waals surface area contributed by atoms with Crippen LogP contribution in [0, 0.1) is 0 Å². The molecule has 0 aromatic heterocycles. The predicted molar refractivity (Wildman–Crippen MR) is 70.2 cm³/mol. The fraction of sp³-hybridized carbons (Fsp3) is 0. The molecule has 0 unspecified atom stereocenters. The van der Waals surface area contributed by atoms with E-state index in [2.05, 4.69) is 5.32 Å². The highest BCUT2D eigenvalue weighted by molar-refractivity contribution is 7.79. The number of hydrogen-bond donors (Lipinski definition) is 1. The van der Waals surface area contributed by atoms with Gasteiger partial charge in [-0.25, -0.2) is 0 Å². The molecule has 0 heterocycles. The third kappa shape index (κ3) is 2.81. The molecule has 0 saturated carbocycles. The highest BCUT2D eigenvalue weighted by Gasteiger charge is 1.95. The number of ether oxygens (including phenoxy) is 1. The second-order valence-corrected chi connectivity index (χ2v) is 3.44. The van der Waals surface area contributed by atoms with Crippen molar-refractivity contribution in [3.63, 3.8) is 0 Å². The topological polar surface area (TPSA) is 21.3 Å². The summed E-state index contributed by atoms with van der Waals surface area (Å²) in [5.74, 6) is 1.64. The fourth-order valence-electron chi connectivity index (χ4n) is 1.31. The van der Waals surface area contributed by atoms with Crippen molar-refractivity contribution in [2.24, 2.45) is 0 Å². The van der Waals surface area contributed by atoms with E-state index in [1.54, 1.807) is 0 Å². The average molecular weight is 229 g/mol. The zero-order chi connectivity index (χ0) is 11.2. The van der Waals surface area contributed by atoms with E-state index in [0.29, 0.717) is 0 Å². The molecule has 80 valence electrons. The number of para-hydroxylation sites is 1. The summed E-state index contributed by atoms with van der Waals surface area (Å²) >= 11 is 4.70. The first-order chi connectivity index (χ1) is 7.88. The van der Waals surface area contributed by atoms with Crippen LogP contribution >= 0.6 is 12.2 Å². The van der Waals surface area contributed by atoms with Crippen LogP contribution < -0.4 is 10.1 Å². The van der Waals surface area contributed by atoms with Crippen molar-refractivity contribution in [3.8, 4) is 11.5 Å². The molecule has 0 spiro atoms. The van der Waals surface area contributed by atoms with Crippen molar-refractivity contribution in [2.45, 2.75) is 0 Å². The predicted octanol–water partition coefficient (Wildman–Crippen LogP) is 3.85. The Bertz CT molecular complexity index is 453. The average Bonchev–Trinajstić information content (AvgIpc) is 2.33. The summed E-state index contributed by atoms with van der Waals surface area (Å²) in [5, 5.41) is 2.93. The molecule has 0 aliphatic heterocycles. The van der Waals surface area contributed by atoms with Crippen LogP contribution in [0.15, 0.2) is 54.6 Å². The maximum atomic E-state index is 5.65. The molecule has 0 radical (unpaired) electrons. The van der Waals surface area contributed by atoms with Crippen molar-refractivity contribution < 1.29 is 4.74 Å². The van der Waals surface area contributed by atoms with Crippen molar-refractivity contribution >= 4 is 23.4 Å². The standard InChI is InChI=1S/C13H11NOS/c16-10-14-11-6-8-13(9-7-11)15-12-4-2-1-3-5-12/h1-10H,(H,14,16). The Morgan fingerprint density at radius 2 is 1.50 bits per heavy atom. The van der Waals surface area contributed by atoms with E-state index in [0.717, 1.165) is 17.2 Å². The molecule has 2 nitrogen and oxygen atoms in total. The molecule has 2 aromatic carbocycles. The molecule has 3 heteroatoms. The Labute approximate surface area is 99.9 Å². The Kier molecular flexibility index (Phi) is 3.51. The van der Waals surface area contributed by atoms with Gasteiger partial charge in [0.05, 0.1) is 5.49 Å². The summed E-state index contributed by atoms with van der Waals surface area (Å²) in [7, 11) is 0. The molecule has 0 fully saturated rings. The summed E-state index contributed by atoms with van der Waals surface area (Å²) in [4.78, 5) is 0. The molecular weight excluding hydrogens is 218 g/mol. The summed E-state index contributed by atoms with van der Waals surface area (Å²) < 4.78 is 5.65. The Hall–Kier alpha value is -1.87. The van der Waals surface area contributed by atoms with Gasteiger partial charge in [0.1, 0.15) is 11.5 Å². The van der Waals surface area contributed by atoms with Gasteiger partial charge in [0.15, 0.2) is 0 Å². The third-order valence-corrected chi connectivity index (χ3v) is 2.18. The number of anilines is 1. The molecule has 0 aliphatic carbocycles. The first-order valence-corrected chi connectivity index (χ1v) is 5.39. The number of benzene rings is 2. The fourth-order valence-corrected chi connectivity index (χ4v) is 1.45. The maximum absolute atomic E-state index is 5.65. The molecule has 16 heavy (non-hydrogen) atoms. The number of nitrogens with one attached hydrogen (secondary N) is 1. The minimum absolute atomic E-state index is 0.807. The molecule has 0 bridgehead atoms. The minimum atomic E-state index is 0.807. The molecule has 0 atom stereocenters.